The molecule has 1 aliphatic heterocycles. The summed E-state index contributed by atoms with van der Waals surface area (Å²) >= 11 is 0. The summed E-state index contributed by atoms with van der Waals surface area (Å²) < 4.78 is 0. The topological polar surface area (TPSA) is 12.0 Å². The van der Waals surface area contributed by atoms with Crippen LogP contribution < -0.4 is 5.32 Å². The van der Waals surface area contributed by atoms with Gasteiger partial charge in [-0.15, -0.1) is 0 Å². The zero-order valence-electron chi connectivity index (χ0n) is 7.85. The molecule has 0 aliphatic carbocycles. The number of hydrogen-bond donors (Lipinski definition) is 1. The first-order chi connectivity index (χ1) is 6.95. The zero-order valence-corrected chi connectivity index (χ0v) is 7.85. The zero-order chi connectivity index (χ0) is 9.64. The van der Waals surface area contributed by atoms with E-state index >= 15 is 0 Å². The van der Waals surface area contributed by atoms with Gasteiger partial charge < -0.3 is 5.32 Å². The Hall–Kier alpha value is -1.76. The fourth-order valence-electron chi connectivity index (χ4n) is 1.29. The quantitative estimate of drug-likeness (QED) is 0.741. The minimum Gasteiger partial charge on any atom is -0.364 e. The highest BCUT2D eigenvalue weighted by Gasteiger charge is 1.97. The van der Waals surface area contributed by atoms with E-state index in [4.69, 9.17) is 0 Å². The molecule has 14 heavy (non-hydrogen) atoms. The van der Waals surface area contributed by atoms with Gasteiger partial charge in [-0.1, -0.05) is 42.5 Å². The Balaban J connectivity index is 2.08. The smallest absolute Gasteiger partial charge is 0.0364 e. The first-order valence-electron chi connectivity index (χ1n) is 4.65. The van der Waals surface area contributed by atoms with Crippen molar-refractivity contribution >= 4 is 0 Å². The van der Waals surface area contributed by atoms with E-state index in [2.05, 4.69) is 23.9 Å². The lowest BCUT2D eigenvalue weighted by Crippen LogP contribution is -2.04. The number of benzene rings is 1. The van der Waals surface area contributed by atoms with Crippen molar-refractivity contribution in [2.24, 2.45) is 0 Å². The lowest BCUT2D eigenvalue weighted by molar-refractivity contribution is 1.08. The van der Waals surface area contributed by atoms with E-state index in [0.29, 0.717) is 0 Å². The van der Waals surface area contributed by atoms with Gasteiger partial charge in [-0.3, -0.25) is 0 Å². The van der Waals surface area contributed by atoms with E-state index in [0.717, 1.165) is 5.70 Å². The van der Waals surface area contributed by atoms with Crippen molar-refractivity contribution in [3.8, 4) is 0 Å². The Morgan fingerprint density at radius 3 is 2.64 bits per heavy atom. The van der Waals surface area contributed by atoms with Gasteiger partial charge in [0.1, 0.15) is 0 Å². The molecule has 0 aromatic heterocycles. The predicted octanol–water partition coefficient (Wildman–Crippen LogP) is 2.80. The molecule has 0 spiro atoms. The van der Waals surface area contributed by atoms with Crippen molar-refractivity contribution in [1.82, 2.24) is 5.32 Å². The molecule has 0 amide bonds. The third-order valence-electron chi connectivity index (χ3n) is 1.97. The van der Waals surface area contributed by atoms with E-state index in [1.54, 1.807) is 0 Å². The molecule has 0 saturated carbocycles. The largest absolute Gasteiger partial charge is 0.364 e. The van der Waals surface area contributed by atoms with Crippen molar-refractivity contribution < 1.29 is 0 Å². The second-order valence-electron chi connectivity index (χ2n) is 3.07. The van der Waals surface area contributed by atoms with Crippen molar-refractivity contribution in [1.29, 1.82) is 0 Å². The number of hydrogen-bond acceptors (Lipinski definition) is 1. The van der Waals surface area contributed by atoms with E-state index in [1.165, 1.54) is 5.56 Å². The van der Waals surface area contributed by atoms with Crippen molar-refractivity contribution in [3.05, 3.63) is 78.5 Å². The highest BCUT2D eigenvalue weighted by atomic mass is 14.8. The van der Waals surface area contributed by atoms with E-state index in [9.17, 15) is 0 Å². The second kappa shape index (κ2) is 4.47. The van der Waals surface area contributed by atoms with Crippen LogP contribution in [-0.2, 0) is 0 Å². The molecule has 0 unspecified atom stereocenters. The number of allylic oxidation sites excluding steroid dienone is 5. The van der Waals surface area contributed by atoms with Gasteiger partial charge in [-0.25, -0.2) is 0 Å². The summed E-state index contributed by atoms with van der Waals surface area (Å²) in [6.45, 7) is 0. The van der Waals surface area contributed by atoms with Gasteiger partial charge in [0, 0.05) is 18.3 Å². The molecule has 0 fully saturated rings. The van der Waals surface area contributed by atoms with Gasteiger partial charge in [-0.2, -0.15) is 0 Å². The van der Waals surface area contributed by atoms with E-state index < -0.39 is 0 Å². The van der Waals surface area contributed by atoms with Crippen LogP contribution in [0.3, 0.4) is 0 Å². The van der Waals surface area contributed by atoms with Crippen molar-refractivity contribution in [3.63, 3.8) is 0 Å². The van der Waals surface area contributed by atoms with Crippen LogP contribution in [-0.4, -0.2) is 0 Å². The van der Waals surface area contributed by atoms with Crippen LogP contribution in [0.25, 0.3) is 0 Å². The monoisotopic (exact) mass is 182 g/mol. The summed E-state index contributed by atoms with van der Waals surface area (Å²) in [6, 6.07) is 10.3. The molecule has 1 N–H and O–H groups in total. The average molecular weight is 182 g/mol. The van der Waals surface area contributed by atoms with E-state index in [-0.39, 0.29) is 0 Å². The van der Waals surface area contributed by atoms with Crippen molar-refractivity contribution in [2.75, 3.05) is 0 Å². The van der Waals surface area contributed by atoms with Crippen LogP contribution >= 0.6 is 0 Å². The molecule has 1 aromatic carbocycles. The summed E-state index contributed by atoms with van der Waals surface area (Å²) in [5, 5.41) is 3.19. The highest BCUT2D eigenvalue weighted by molar-refractivity contribution is 5.36. The van der Waals surface area contributed by atoms with Crippen LogP contribution in [0, 0.1) is 6.42 Å². The van der Waals surface area contributed by atoms with Gasteiger partial charge in [-0.05, 0) is 17.7 Å². The standard InChI is InChI=1S/C13H12N/c1-3-7-12(8-4-1)11-13-9-5-2-6-10-14-13/h1-11,14H. The lowest BCUT2D eigenvalue weighted by atomic mass is 10.1. The van der Waals surface area contributed by atoms with Gasteiger partial charge in [0.2, 0.25) is 0 Å². The van der Waals surface area contributed by atoms with E-state index in [1.807, 2.05) is 48.7 Å². The summed E-state index contributed by atoms with van der Waals surface area (Å²) in [5.74, 6) is 0. The molecular formula is C13H12N. The maximum absolute atomic E-state index is 3.19. The number of nitrogens with one attached hydrogen (secondary N) is 1. The van der Waals surface area contributed by atoms with Crippen LogP contribution in [0.1, 0.15) is 5.56 Å². The second-order valence-corrected chi connectivity index (χ2v) is 3.07. The Bertz CT molecular complexity index is 371. The van der Waals surface area contributed by atoms with Gasteiger partial charge in [0.25, 0.3) is 0 Å². The first-order valence-corrected chi connectivity index (χ1v) is 4.65. The molecule has 1 nitrogen and oxygen atoms in total. The minimum absolute atomic E-state index is 1.10. The summed E-state index contributed by atoms with van der Waals surface area (Å²) in [7, 11) is 0. The molecule has 1 heteroatoms. The Morgan fingerprint density at radius 1 is 0.929 bits per heavy atom. The summed E-state index contributed by atoms with van der Waals surface area (Å²) in [4.78, 5) is 0. The molecular weight excluding hydrogens is 170 g/mol. The molecule has 1 radical (unpaired) electrons. The summed E-state index contributed by atoms with van der Waals surface area (Å²) in [6.07, 6.45) is 12.1. The predicted molar refractivity (Wildman–Crippen MR) is 59.3 cm³/mol. The van der Waals surface area contributed by atoms with Crippen LogP contribution in [0.5, 0.6) is 0 Å². The molecule has 0 atom stereocenters. The van der Waals surface area contributed by atoms with Gasteiger partial charge in [0.05, 0.1) is 0 Å². The van der Waals surface area contributed by atoms with Crippen LogP contribution in [0.2, 0.25) is 0 Å². The molecule has 0 bridgehead atoms. The average Bonchev–Trinajstić information content (AvgIpc) is 2.48. The molecule has 0 saturated heterocycles. The van der Waals surface area contributed by atoms with Gasteiger partial charge >= 0.3 is 0 Å². The molecule has 69 valence electrons. The third kappa shape index (κ3) is 2.36. The molecule has 1 aliphatic rings. The highest BCUT2D eigenvalue weighted by Crippen LogP contribution is 2.09. The van der Waals surface area contributed by atoms with Gasteiger partial charge in [0.15, 0.2) is 0 Å². The Labute approximate surface area is 84.5 Å². The number of rotatable bonds is 2. The minimum atomic E-state index is 1.10. The lowest BCUT2D eigenvalue weighted by Gasteiger charge is -2.05. The normalized spacial score (nSPS) is 14.4. The molecule has 1 heterocycles. The first kappa shape index (κ1) is 8.82. The maximum atomic E-state index is 3.19. The molecule has 2 rings (SSSR count). The van der Waals surface area contributed by atoms with Crippen LogP contribution in [0.4, 0.5) is 0 Å². The fraction of sp³-hybridized carbons (Fsp3) is 0. The SMILES string of the molecule is [CH](C1=CC=CC=CN1)c1ccccc1. The summed E-state index contributed by atoms with van der Waals surface area (Å²) in [5.41, 5.74) is 2.30. The van der Waals surface area contributed by atoms with Crippen LogP contribution in [0.15, 0.2) is 66.5 Å². The Morgan fingerprint density at radius 2 is 1.79 bits per heavy atom. The Kier molecular flexibility index (Phi) is 2.82. The maximum Gasteiger partial charge on any atom is 0.0364 e. The van der Waals surface area contributed by atoms with Crippen molar-refractivity contribution in [2.45, 2.75) is 0 Å². The third-order valence-corrected chi connectivity index (χ3v) is 1.97. The molecule has 1 aromatic rings. The fourth-order valence-corrected chi connectivity index (χ4v) is 1.29.